The number of anilines is 1. The lowest BCUT2D eigenvalue weighted by molar-refractivity contribution is -0.0446. The van der Waals surface area contributed by atoms with Crippen molar-refractivity contribution in [1.29, 1.82) is 0 Å². The predicted molar refractivity (Wildman–Crippen MR) is 73.3 cm³/mol. The van der Waals surface area contributed by atoms with Gasteiger partial charge in [0, 0.05) is 18.7 Å². The van der Waals surface area contributed by atoms with Crippen LogP contribution in [0.25, 0.3) is 0 Å². The van der Waals surface area contributed by atoms with Crippen molar-refractivity contribution in [3.05, 3.63) is 29.6 Å². The molecule has 1 aromatic rings. The van der Waals surface area contributed by atoms with Crippen molar-refractivity contribution in [2.45, 2.75) is 32.3 Å². The van der Waals surface area contributed by atoms with Crippen LogP contribution in [0.1, 0.15) is 25.7 Å². The fourth-order valence-corrected chi connectivity index (χ4v) is 2.95. The molecule has 20 heavy (non-hydrogen) atoms. The van der Waals surface area contributed by atoms with E-state index >= 15 is 0 Å². The van der Waals surface area contributed by atoms with Crippen molar-refractivity contribution in [2.24, 2.45) is 0 Å². The third kappa shape index (κ3) is 2.66. The van der Waals surface area contributed by atoms with Gasteiger partial charge in [0.05, 0.1) is 31.1 Å². The number of nitrogens with zero attached hydrogens (tertiary/aromatic N) is 1. The molecule has 110 valence electrons. The Kier molecular flexibility index (Phi) is 3.92. The molecule has 0 bridgehead atoms. The minimum absolute atomic E-state index is 0.0802. The first kappa shape index (κ1) is 13.8. The molecule has 2 unspecified atom stereocenters. The molecular formula is C15H20FNO3. The van der Waals surface area contributed by atoms with Gasteiger partial charge in [-0.05, 0) is 19.9 Å². The maximum absolute atomic E-state index is 14.3. The Hall–Kier alpha value is -1.17. The Morgan fingerprint density at radius 1 is 1.10 bits per heavy atom. The lowest BCUT2D eigenvalue weighted by Gasteiger charge is -2.38. The van der Waals surface area contributed by atoms with E-state index in [-0.39, 0.29) is 18.0 Å². The molecule has 2 aliphatic rings. The van der Waals surface area contributed by atoms with Crippen LogP contribution in [0.2, 0.25) is 0 Å². The Bertz CT molecular complexity index is 466. The zero-order chi connectivity index (χ0) is 14.1. The minimum Gasteiger partial charge on any atom is -0.372 e. The van der Waals surface area contributed by atoms with Gasteiger partial charge in [-0.15, -0.1) is 0 Å². The van der Waals surface area contributed by atoms with Crippen molar-refractivity contribution >= 4 is 5.69 Å². The van der Waals surface area contributed by atoms with Crippen molar-refractivity contribution in [3.63, 3.8) is 0 Å². The maximum Gasteiger partial charge on any atom is 0.186 e. The molecule has 5 heteroatoms. The summed E-state index contributed by atoms with van der Waals surface area (Å²) in [5.74, 6) is -0.233. The second-order valence-corrected chi connectivity index (χ2v) is 5.41. The van der Waals surface area contributed by atoms with Gasteiger partial charge in [-0.3, -0.25) is 0 Å². The van der Waals surface area contributed by atoms with Gasteiger partial charge in [0.15, 0.2) is 6.29 Å². The van der Waals surface area contributed by atoms with Gasteiger partial charge in [0.25, 0.3) is 0 Å². The van der Waals surface area contributed by atoms with Crippen LogP contribution >= 0.6 is 0 Å². The van der Waals surface area contributed by atoms with E-state index in [1.807, 2.05) is 24.8 Å². The first-order chi connectivity index (χ1) is 9.65. The molecule has 1 aromatic carbocycles. The van der Waals surface area contributed by atoms with Crippen LogP contribution in [-0.4, -0.2) is 38.5 Å². The number of hydrogen-bond acceptors (Lipinski definition) is 4. The molecule has 0 N–H and O–H groups in total. The predicted octanol–water partition coefficient (Wildman–Crippen LogP) is 2.48. The number of ether oxygens (including phenoxy) is 3. The molecule has 2 aliphatic heterocycles. The molecule has 2 atom stereocenters. The summed E-state index contributed by atoms with van der Waals surface area (Å²) in [4.78, 5) is 2.04. The quantitative estimate of drug-likeness (QED) is 0.833. The van der Waals surface area contributed by atoms with E-state index in [4.69, 9.17) is 14.2 Å². The number of halogens is 1. The number of para-hydroxylation sites is 1. The smallest absolute Gasteiger partial charge is 0.186 e. The molecule has 0 radical (unpaired) electrons. The second kappa shape index (κ2) is 5.68. The summed E-state index contributed by atoms with van der Waals surface area (Å²) in [7, 11) is 0. The lowest BCUT2D eigenvalue weighted by atomic mass is 10.1. The summed E-state index contributed by atoms with van der Waals surface area (Å²) in [6, 6.07) is 5.06. The van der Waals surface area contributed by atoms with Gasteiger partial charge in [-0.25, -0.2) is 4.39 Å². The van der Waals surface area contributed by atoms with Gasteiger partial charge >= 0.3 is 0 Å². The summed E-state index contributed by atoms with van der Waals surface area (Å²) in [5, 5.41) is 0. The third-order valence-electron chi connectivity index (χ3n) is 3.63. The summed E-state index contributed by atoms with van der Waals surface area (Å²) in [6.45, 7) is 6.46. The summed E-state index contributed by atoms with van der Waals surface area (Å²) in [5.41, 5.74) is 1.35. The molecule has 0 aliphatic carbocycles. The van der Waals surface area contributed by atoms with Crippen LogP contribution < -0.4 is 4.90 Å². The van der Waals surface area contributed by atoms with Gasteiger partial charge in [0.2, 0.25) is 0 Å². The molecule has 0 spiro atoms. The standard InChI is InChI=1S/C15H20FNO3/c1-10-8-17(9-11(2)20-10)14-12(4-3-5-13(14)16)15-18-6-7-19-15/h3-5,10-11,15H,6-9H2,1-2H3. The lowest BCUT2D eigenvalue weighted by Crippen LogP contribution is -2.46. The molecule has 0 amide bonds. The average Bonchev–Trinajstić information content (AvgIpc) is 2.90. The van der Waals surface area contributed by atoms with Crippen LogP contribution in [0.4, 0.5) is 10.1 Å². The van der Waals surface area contributed by atoms with Crippen LogP contribution in [0, 0.1) is 5.82 Å². The largest absolute Gasteiger partial charge is 0.372 e. The Morgan fingerprint density at radius 2 is 1.75 bits per heavy atom. The van der Waals surface area contributed by atoms with Crippen molar-refractivity contribution < 1.29 is 18.6 Å². The highest BCUT2D eigenvalue weighted by atomic mass is 19.1. The summed E-state index contributed by atoms with van der Waals surface area (Å²) in [6.07, 6.45) is -0.303. The van der Waals surface area contributed by atoms with Crippen molar-refractivity contribution in [3.8, 4) is 0 Å². The van der Waals surface area contributed by atoms with Crippen LogP contribution in [-0.2, 0) is 14.2 Å². The van der Waals surface area contributed by atoms with Crippen LogP contribution in [0.15, 0.2) is 18.2 Å². The number of rotatable bonds is 2. The summed E-state index contributed by atoms with van der Waals surface area (Å²) < 4.78 is 31.1. The van der Waals surface area contributed by atoms with Gasteiger partial charge in [-0.1, -0.05) is 12.1 Å². The molecular weight excluding hydrogens is 261 g/mol. The first-order valence-electron chi connectivity index (χ1n) is 7.07. The van der Waals surface area contributed by atoms with E-state index in [0.717, 1.165) is 5.56 Å². The highest BCUT2D eigenvalue weighted by molar-refractivity contribution is 5.56. The van der Waals surface area contributed by atoms with Gasteiger partial charge in [-0.2, -0.15) is 0 Å². The zero-order valence-corrected chi connectivity index (χ0v) is 11.8. The van der Waals surface area contributed by atoms with Crippen molar-refractivity contribution in [2.75, 3.05) is 31.2 Å². The average molecular weight is 281 g/mol. The van der Waals surface area contributed by atoms with Crippen LogP contribution in [0.3, 0.4) is 0 Å². The number of benzene rings is 1. The fourth-order valence-electron chi connectivity index (χ4n) is 2.95. The van der Waals surface area contributed by atoms with Gasteiger partial charge < -0.3 is 19.1 Å². The zero-order valence-electron chi connectivity index (χ0n) is 11.8. The molecule has 4 nitrogen and oxygen atoms in total. The fraction of sp³-hybridized carbons (Fsp3) is 0.600. The minimum atomic E-state index is -0.464. The van der Waals surface area contributed by atoms with Crippen LogP contribution in [0.5, 0.6) is 0 Å². The highest BCUT2D eigenvalue weighted by Gasteiger charge is 2.30. The Morgan fingerprint density at radius 3 is 2.40 bits per heavy atom. The number of hydrogen-bond donors (Lipinski definition) is 0. The van der Waals surface area contributed by atoms with E-state index < -0.39 is 6.29 Å². The molecule has 0 aromatic heterocycles. The SMILES string of the molecule is CC1CN(c2c(F)cccc2C2OCCO2)CC(C)O1. The van der Waals surface area contributed by atoms with Gasteiger partial charge in [0.1, 0.15) is 5.82 Å². The summed E-state index contributed by atoms with van der Waals surface area (Å²) >= 11 is 0. The van der Waals surface area contributed by atoms with Crippen molar-refractivity contribution in [1.82, 2.24) is 0 Å². The normalized spacial score (nSPS) is 28.1. The van der Waals surface area contributed by atoms with E-state index in [0.29, 0.717) is 32.0 Å². The van der Waals surface area contributed by atoms with E-state index in [1.54, 1.807) is 6.07 Å². The molecule has 2 fully saturated rings. The molecule has 3 rings (SSSR count). The molecule has 2 saturated heterocycles. The molecule has 0 saturated carbocycles. The topological polar surface area (TPSA) is 30.9 Å². The molecule has 2 heterocycles. The van der Waals surface area contributed by atoms with E-state index in [1.165, 1.54) is 6.07 Å². The number of morpholine rings is 1. The first-order valence-corrected chi connectivity index (χ1v) is 7.07. The Balaban J connectivity index is 1.94. The van der Waals surface area contributed by atoms with E-state index in [9.17, 15) is 4.39 Å². The third-order valence-corrected chi connectivity index (χ3v) is 3.63. The second-order valence-electron chi connectivity index (χ2n) is 5.41. The van der Waals surface area contributed by atoms with E-state index in [2.05, 4.69) is 0 Å². The maximum atomic E-state index is 14.3. The Labute approximate surface area is 118 Å². The monoisotopic (exact) mass is 281 g/mol. The highest BCUT2D eigenvalue weighted by Crippen LogP contribution is 2.35.